The Bertz CT molecular complexity index is 283. The second-order valence-electron chi connectivity index (χ2n) is 5.28. The second-order valence-corrected chi connectivity index (χ2v) is 6.32. The molecule has 5 nitrogen and oxygen atoms in total. The van der Waals surface area contributed by atoms with E-state index in [9.17, 15) is 14.4 Å². The molecule has 6 heteroatoms. The maximum absolute atomic E-state index is 12.2. The summed E-state index contributed by atoms with van der Waals surface area (Å²) in [5.74, 6) is 0.766. The molecule has 0 spiro atoms. The van der Waals surface area contributed by atoms with Gasteiger partial charge in [-0.25, -0.2) is 0 Å². The largest absolute Gasteiger partial charge is 0.334 e. The average Bonchev–Trinajstić information content (AvgIpc) is 2.52. The van der Waals surface area contributed by atoms with Crippen molar-refractivity contribution >= 4 is 29.6 Å². The number of aldehydes is 2. The highest BCUT2D eigenvalue weighted by Gasteiger charge is 2.13. The van der Waals surface area contributed by atoms with Crippen LogP contribution < -0.4 is 5.73 Å². The van der Waals surface area contributed by atoms with Crippen molar-refractivity contribution in [2.45, 2.75) is 57.8 Å². The third kappa shape index (κ3) is 12.8. The lowest BCUT2D eigenvalue weighted by molar-refractivity contribution is -0.108. The van der Waals surface area contributed by atoms with E-state index >= 15 is 0 Å². The molecule has 2 N–H and O–H groups in total. The van der Waals surface area contributed by atoms with Gasteiger partial charge in [0.1, 0.15) is 12.6 Å². The van der Waals surface area contributed by atoms with Crippen molar-refractivity contribution in [3.8, 4) is 0 Å². The van der Waals surface area contributed by atoms with Crippen LogP contribution in [0.3, 0.4) is 0 Å². The topological polar surface area (TPSA) is 80.5 Å². The molecule has 0 heterocycles. The van der Waals surface area contributed by atoms with Crippen LogP contribution in [-0.2, 0) is 9.59 Å². The Hall–Kier alpha value is -0.880. The molecule has 0 aliphatic carbocycles. The molecule has 22 heavy (non-hydrogen) atoms. The van der Waals surface area contributed by atoms with Gasteiger partial charge in [0.25, 0.3) is 5.24 Å². The molecule has 0 aromatic rings. The van der Waals surface area contributed by atoms with E-state index in [0.717, 1.165) is 76.4 Å². The molecule has 0 aromatic heterocycles. The smallest absolute Gasteiger partial charge is 0.281 e. The van der Waals surface area contributed by atoms with Crippen LogP contribution >= 0.6 is 11.8 Å². The highest BCUT2D eigenvalue weighted by molar-refractivity contribution is 8.13. The maximum Gasteiger partial charge on any atom is 0.281 e. The zero-order chi connectivity index (χ0) is 16.5. The predicted molar refractivity (Wildman–Crippen MR) is 92.2 cm³/mol. The van der Waals surface area contributed by atoms with Crippen molar-refractivity contribution in [2.75, 3.05) is 25.4 Å². The fraction of sp³-hybridized carbons (Fsp3) is 0.812. The van der Waals surface area contributed by atoms with Crippen LogP contribution in [0.15, 0.2) is 0 Å². The zero-order valence-electron chi connectivity index (χ0n) is 13.5. The minimum atomic E-state index is 0.124. The predicted octanol–water partition coefficient (Wildman–Crippen LogP) is 3.01. The van der Waals surface area contributed by atoms with Gasteiger partial charge in [0, 0.05) is 31.7 Å². The third-order valence-corrected chi connectivity index (χ3v) is 4.33. The van der Waals surface area contributed by atoms with Crippen molar-refractivity contribution in [2.24, 2.45) is 5.73 Å². The zero-order valence-corrected chi connectivity index (χ0v) is 14.3. The summed E-state index contributed by atoms with van der Waals surface area (Å²) in [6.07, 6.45) is 9.55. The molecule has 128 valence electrons. The summed E-state index contributed by atoms with van der Waals surface area (Å²) in [7, 11) is 0. The Morgan fingerprint density at radius 2 is 1.41 bits per heavy atom. The van der Waals surface area contributed by atoms with E-state index < -0.39 is 0 Å². The Labute approximate surface area is 138 Å². The molecule has 0 aliphatic rings. The van der Waals surface area contributed by atoms with Gasteiger partial charge in [-0.1, -0.05) is 24.6 Å². The van der Waals surface area contributed by atoms with Gasteiger partial charge in [0.05, 0.1) is 0 Å². The fourth-order valence-corrected chi connectivity index (χ4v) is 2.89. The summed E-state index contributed by atoms with van der Waals surface area (Å²) in [6, 6.07) is 0. The molecular formula is C16H30N2O3S. The first-order valence-electron chi connectivity index (χ1n) is 8.25. The lowest BCUT2D eigenvalue weighted by Gasteiger charge is -2.22. The fourth-order valence-electron chi connectivity index (χ4n) is 2.04. The van der Waals surface area contributed by atoms with Crippen LogP contribution in [0, 0.1) is 0 Å². The molecule has 0 bridgehead atoms. The first kappa shape index (κ1) is 21.1. The maximum atomic E-state index is 12.2. The quantitative estimate of drug-likeness (QED) is 0.369. The van der Waals surface area contributed by atoms with Crippen molar-refractivity contribution in [3.05, 3.63) is 0 Å². The molecule has 0 aromatic carbocycles. The molecule has 0 aliphatic heterocycles. The van der Waals surface area contributed by atoms with Gasteiger partial charge in [-0.05, 0) is 38.6 Å². The van der Waals surface area contributed by atoms with Crippen LogP contribution in [0.5, 0.6) is 0 Å². The molecule has 0 atom stereocenters. The first-order valence-corrected chi connectivity index (χ1v) is 9.23. The summed E-state index contributed by atoms with van der Waals surface area (Å²) in [6.45, 7) is 2.11. The van der Waals surface area contributed by atoms with E-state index in [-0.39, 0.29) is 5.24 Å². The molecule has 0 radical (unpaired) electrons. The van der Waals surface area contributed by atoms with Crippen molar-refractivity contribution in [3.63, 3.8) is 0 Å². The summed E-state index contributed by atoms with van der Waals surface area (Å²) in [4.78, 5) is 34.7. The van der Waals surface area contributed by atoms with E-state index in [1.54, 1.807) is 0 Å². The molecule has 0 unspecified atom stereocenters. The normalized spacial score (nSPS) is 10.4. The van der Waals surface area contributed by atoms with E-state index in [0.29, 0.717) is 19.4 Å². The van der Waals surface area contributed by atoms with Gasteiger partial charge in [-0.3, -0.25) is 4.79 Å². The number of carbonyl (C=O) groups is 3. The molecule has 0 fully saturated rings. The van der Waals surface area contributed by atoms with Gasteiger partial charge >= 0.3 is 0 Å². The lowest BCUT2D eigenvalue weighted by Crippen LogP contribution is -2.30. The van der Waals surface area contributed by atoms with Gasteiger partial charge in [-0.2, -0.15) is 0 Å². The number of hydrogen-bond donors (Lipinski definition) is 1. The van der Waals surface area contributed by atoms with Crippen LogP contribution in [-0.4, -0.2) is 48.1 Å². The lowest BCUT2D eigenvalue weighted by atomic mass is 10.2. The molecular weight excluding hydrogens is 300 g/mol. The van der Waals surface area contributed by atoms with Gasteiger partial charge in [0.2, 0.25) is 0 Å². The van der Waals surface area contributed by atoms with Crippen LogP contribution in [0.25, 0.3) is 0 Å². The highest BCUT2D eigenvalue weighted by Crippen LogP contribution is 2.13. The number of carbonyl (C=O) groups excluding carboxylic acids is 3. The van der Waals surface area contributed by atoms with Gasteiger partial charge in [0.15, 0.2) is 0 Å². The van der Waals surface area contributed by atoms with Crippen molar-refractivity contribution in [1.82, 2.24) is 4.90 Å². The van der Waals surface area contributed by atoms with E-state index in [4.69, 9.17) is 5.73 Å². The van der Waals surface area contributed by atoms with Crippen molar-refractivity contribution in [1.29, 1.82) is 0 Å². The summed E-state index contributed by atoms with van der Waals surface area (Å²) >= 11 is 1.34. The highest BCUT2D eigenvalue weighted by atomic mass is 32.2. The Morgan fingerprint density at radius 3 is 1.86 bits per heavy atom. The molecule has 0 rings (SSSR count). The molecule has 0 saturated carbocycles. The SMILES string of the molecule is NCCCSC(=O)N(CCCCCC=O)CCCCCC=O. The number of nitrogens with two attached hydrogens (primary N) is 1. The van der Waals surface area contributed by atoms with E-state index in [2.05, 4.69) is 0 Å². The van der Waals surface area contributed by atoms with Crippen LogP contribution in [0.2, 0.25) is 0 Å². The number of unbranched alkanes of at least 4 members (excludes halogenated alkanes) is 6. The second kappa shape index (κ2) is 16.5. The Morgan fingerprint density at radius 1 is 0.864 bits per heavy atom. The minimum absolute atomic E-state index is 0.124. The van der Waals surface area contributed by atoms with Crippen LogP contribution in [0.4, 0.5) is 4.79 Å². The van der Waals surface area contributed by atoms with E-state index in [1.807, 2.05) is 4.90 Å². The van der Waals surface area contributed by atoms with Crippen LogP contribution in [0.1, 0.15) is 57.8 Å². The first-order chi connectivity index (χ1) is 10.8. The standard InChI is InChI=1S/C16H30N2O3S/c17-10-9-15-22-16(21)18(11-5-1-3-7-13-19)12-6-2-4-8-14-20/h13-14H,1-12,15,17H2. The van der Waals surface area contributed by atoms with Crippen molar-refractivity contribution < 1.29 is 14.4 Å². The number of amides is 1. The molecule has 0 saturated heterocycles. The van der Waals surface area contributed by atoms with Gasteiger partial charge < -0.3 is 20.2 Å². The summed E-state index contributed by atoms with van der Waals surface area (Å²) < 4.78 is 0. The number of rotatable bonds is 15. The monoisotopic (exact) mass is 330 g/mol. The average molecular weight is 330 g/mol. The minimum Gasteiger partial charge on any atom is -0.334 e. The van der Waals surface area contributed by atoms with Gasteiger partial charge in [-0.15, -0.1) is 0 Å². The summed E-state index contributed by atoms with van der Waals surface area (Å²) in [5, 5.41) is 0.124. The molecule has 1 amide bonds. The Kier molecular flexibility index (Phi) is 15.8. The summed E-state index contributed by atoms with van der Waals surface area (Å²) in [5.41, 5.74) is 5.45. The number of hydrogen-bond acceptors (Lipinski definition) is 5. The Balaban J connectivity index is 4.02. The van der Waals surface area contributed by atoms with E-state index in [1.165, 1.54) is 11.8 Å². The number of thioether (sulfide) groups is 1. The number of nitrogens with zero attached hydrogens (tertiary/aromatic N) is 1. The third-order valence-electron chi connectivity index (χ3n) is 3.33.